The predicted molar refractivity (Wildman–Crippen MR) is 83.5 cm³/mol. The fourth-order valence-electron chi connectivity index (χ4n) is 2.42. The maximum absolute atomic E-state index is 9.36. The third-order valence-electron chi connectivity index (χ3n) is 3.43. The lowest BCUT2D eigenvalue weighted by Crippen LogP contribution is -2.19. The number of aryl methyl sites for hydroxylation is 2. The van der Waals surface area contributed by atoms with Crippen molar-refractivity contribution in [3.63, 3.8) is 0 Å². The first-order chi connectivity index (χ1) is 10.1. The Morgan fingerprint density at radius 2 is 2.00 bits per heavy atom. The summed E-state index contributed by atoms with van der Waals surface area (Å²) in [6, 6.07) is 12.1. The van der Waals surface area contributed by atoms with Gasteiger partial charge in [0.1, 0.15) is 11.8 Å². The summed E-state index contributed by atoms with van der Waals surface area (Å²) >= 11 is 0. The second-order valence-corrected chi connectivity index (χ2v) is 5.02. The normalized spacial score (nSPS) is 10.0. The molecule has 0 spiro atoms. The van der Waals surface area contributed by atoms with Gasteiger partial charge in [0.15, 0.2) is 0 Å². The van der Waals surface area contributed by atoms with Gasteiger partial charge in [0, 0.05) is 24.8 Å². The van der Waals surface area contributed by atoms with E-state index >= 15 is 0 Å². The van der Waals surface area contributed by atoms with Crippen LogP contribution in [0.1, 0.15) is 22.5 Å². The topological polar surface area (TPSA) is 49.1 Å². The molecular formula is C17H19N3O. The summed E-state index contributed by atoms with van der Waals surface area (Å²) < 4.78 is 5.38. The average molecular weight is 281 g/mol. The summed E-state index contributed by atoms with van der Waals surface area (Å²) in [5.74, 6) is 0.852. The van der Waals surface area contributed by atoms with Crippen molar-refractivity contribution in [1.82, 2.24) is 4.98 Å². The smallest absolute Gasteiger partial charge is 0.123 e. The third-order valence-corrected chi connectivity index (χ3v) is 3.43. The molecule has 0 saturated heterocycles. The van der Waals surface area contributed by atoms with Gasteiger partial charge in [-0.3, -0.25) is 4.98 Å². The van der Waals surface area contributed by atoms with Gasteiger partial charge in [0.2, 0.25) is 0 Å². The van der Waals surface area contributed by atoms with Crippen molar-refractivity contribution in [3.8, 4) is 11.8 Å². The van der Waals surface area contributed by atoms with Crippen LogP contribution in [0.2, 0.25) is 0 Å². The molecule has 4 nitrogen and oxygen atoms in total. The number of ether oxygens (including phenoxy) is 1. The molecule has 4 heteroatoms. The Morgan fingerprint density at radius 3 is 2.67 bits per heavy atom. The SMILES string of the molecule is COc1ccccc1CN(C)c1cc(C)nc(C)c1C#N. The van der Waals surface area contributed by atoms with Crippen molar-refractivity contribution >= 4 is 5.69 Å². The van der Waals surface area contributed by atoms with Crippen LogP contribution in [0.5, 0.6) is 5.75 Å². The van der Waals surface area contributed by atoms with Crippen LogP contribution in [0.3, 0.4) is 0 Å². The summed E-state index contributed by atoms with van der Waals surface area (Å²) in [4.78, 5) is 6.41. The Balaban J connectivity index is 2.37. The van der Waals surface area contributed by atoms with E-state index in [9.17, 15) is 5.26 Å². The van der Waals surface area contributed by atoms with Crippen molar-refractivity contribution in [2.45, 2.75) is 20.4 Å². The lowest BCUT2D eigenvalue weighted by atomic mass is 10.1. The molecule has 0 atom stereocenters. The van der Waals surface area contributed by atoms with E-state index in [1.165, 1.54) is 0 Å². The number of para-hydroxylation sites is 1. The molecule has 0 radical (unpaired) electrons. The summed E-state index contributed by atoms with van der Waals surface area (Å²) in [6.07, 6.45) is 0. The van der Waals surface area contributed by atoms with Gasteiger partial charge in [0.25, 0.3) is 0 Å². The largest absolute Gasteiger partial charge is 0.496 e. The van der Waals surface area contributed by atoms with Crippen molar-refractivity contribution in [3.05, 3.63) is 52.8 Å². The third kappa shape index (κ3) is 3.14. The Labute approximate surface area is 125 Å². The summed E-state index contributed by atoms with van der Waals surface area (Å²) in [7, 11) is 3.64. The predicted octanol–water partition coefficient (Wildman–Crippen LogP) is 3.22. The number of pyridine rings is 1. The second-order valence-electron chi connectivity index (χ2n) is 5.02. The average Bonchev–Trinajstić information content (AvgIpc) is 2.47. The first-order valence-corrected chi connectivity index (χ1v) is 6.78. The maximum Gasteiger partial charge on any atom is 0.123 e. The molecule has 2 aromatic rings. The zero-order valence-electron chi connectivity index (χ0n) is 12.8. The Kier molecular flexibility index (Phi) is 4.44. The molecule has 1 aromatic heterocycles. The first-order valence-electron chi connectivity index (χ1n) is 6.78. The lowest BCUT2D eigenvalue weighted by molar-refractivity contribution is 0.409. The molecule has 0 bridgehead atoms. The molecular weight excluding hydrogens is 262 g/mol. The number of aromatic nitrogens is 1. The fraction of sp³-hybridized carbons (Fsp3) is 0.294. The number of nitriles is 1. The quantitative estimate of drug-likeness (QED) is 0.863. The van der Waals surface area contributed by atoms with Crippen LogP contribution >= 0.6 is 0 Å². The molecule has 0 saturated carbocycles. The Morgan fingerprint density at radius 1 is 1.29 bits per heavy atom. The van der Waals surface area contributed by atoms with E-state index in [-0.39, 0.29) is 0 Å². The second kappa shape index (κ2) is 6.27. The van der Waals surface area contributed by atoms with E-state index < -0.39 is 0 Å². The first kappa shape index (κ1) is 14.9. The number of anilines is 1. The molecule has 0 aliphatic rings. The van der Waals surface area contributed by atoms with Crippen LogP contribution in [0.15, 0.2) is 30.3 Å². The molecule has 0 fully saturated rings. The van der Waals surface area contributed by atoms with E-state index in [4.69, 9.17) is 4.74 Å². The number of hydrogen-bond donors (Lipinski definition) is 0. The molecule has 0 N–H and O–H groups in total. The number of benzene rings is 1. The molecule has 0 aliphatic carbocycles. The van der Waals surface area contributed by atoms with Crippen LogP contribution < -0.4 is 9.64 Å². The van der Waals surface area contributed by atoms with Gasteiger partial charge in [-0.2, -0.15) is 5.26 Å². The zero-order chi connectivity index (χ0) is 15.4. The minimum Gasteiger partial charge on any atom is -0.496 e. The van der Waals surface area contributed by atoms with Gasteiger partial charge < -0.3 is 9.64 Å². The molecule has 21 heavy (non-hydrogen) atoms. The van der Waals surface area contributed by atoms with Gasteiger partial charge in [-0.15, -0.1) is 0 Å². The molecule has 0 aliphatic heterocycles. The van der Waals surface area contributed by atoms with Crippen LogP contribution in [0.25, 0.3) is 0 Å². The molecule has 1 heterocycles. The molecule has 2 rings (SSSR count). The van der Waals surface area contributed by atoms with Crippen LogP contribution in [0.4, 0.5) is 5.69 Å². The summed E-state index contributed by atoms with van der Waals surface area (Å²) in [5.41, 5.74) is 4.28. The minimum atomic E-state index is 0.623. The molecule has 108 valence electrons. The van der Waals surface area contributed by atoms with Crippen molar-refractivity contribution in [2.24, 2.45) is 0 Å². The Hall–Kier alpha value is -2.54. The number of rotatable bonds is 4. The number of nitrogens with zero attached hydrogens (tertiary/aromatic N) is 3. The Bertz CT molecular complexity index is 689. The van der Waals surface area contributed by atoms with Crippen LogP contribution in [-0.2, 0) is 6.54 Å². The van der Waals surface area contributed by atoms with Crippen molar-refractivity contribution in [2.75, 3.05) is 19.1 Å². The number of hydrogen-bond acceptors (Lipinski definition) is 4. The zero-order valence-corrected chi connectivity index (χ0v) is 12.8. The van der Waals surface area contributed by atoms with Crippen LogP contribution in [-0.4, -0.2) is 19.1 Å². The van der Waals surface area contributed by atoms with Gasteiger partial charge in [-0.1, -0.05) is 18.2 Å². The van der Waals surface area contributed by atoms with Gasteiger partial charge in [0.05, 0.1) is 24.1 Å². The number of methoxy groups -OCH3 is 1. The van der Waals surface area contributed by atoms with E-state index in [0.29, 0.717) is 12.1 Å². The van der Waals surface area contributed by atoms with Gasteiger partial charge in [-0.25, -0.2) is 0 Å². The fourth-order valence-corrected chi connectivity index (χ4v) is 2.42. The van der Waals surface area contributed by atoms with Gasteiger partial charge in [-0.05, 0) is 26.0 Å². The molecule has 1 aromatic carbocycles. The molecule has 0 unspecified atom stereocenters. The highest BCUT2D eigenvalue weighted by molar-refractivity contribution is 5.61. The van der Waals surface area contributed by atoms with Crippen molar-refractivity contribution in [1.29, 1.82) is 5.26 Å². The van der Waals surface area contributed by atoms with E-state index in [1.807, 2.05) is 51.2 Å². The van der Waals surface area contributed by atoms with E-state index in [0.717, 1.165) is 28.4 Å². The minimum absolute atomic E-state index is 0.623. The van der Waals surface area contributed by atoms with E-state index in [2.05, 4.69) is 16.0 Å². The van der Waals surface area contributed by atoms with E-state index in [1.54, 1.807) is 7.11 Å². The lowest BCUT2D eigenvalue weighted by Gasteiger charge is -2.22. The van der Waals surface area contributed by atoms with Gasteiger partial charge >= 0.3 is 0 Å². The van der Waals surface area contributed by atoms with Crippen molar-refractivity contribution < 1.29 is 4.74 Å². The highest BCUT2D eigenvalue weighted by Gasteiger charge is 2.13. The standard InChI is InChI=1S/C17H19N3O/c1-12-9-16(15(10-18)13(2)19-12)20(3)11-14-7-5-6-8-17(14)21-4/h5-9H,11H2,1-4H3. The highest BCUT2D eigenvalue weighted by Crippen LogP contribution is 2.26. The van der Waals surface area contributed by atoms with Crippen LogP contribution in [0, 0.1) is 25.2 Å². The highest BCUT2D eigenvalue weighted by atomic mass is 16.5. The summed E-state index contributed by atoms with van der Waals surface area (Å²) in [5, 5.41) is 9.36. The summed E-state index contributed by atoms with van der Waals surface area (Å²) in [6.45, 7) is 4.47. The molecule has 0 amide bonds. The maximum atomic E-state index is 9.36. The monoisotopic (exact) mass is 281 g/mol.